The number of ether oxygens (including phenoxy) is 1. The van der Waals surface area contributed by atoms with Gasteiger partial charge in [0.15, 0.2) is 6.61 Å². The van der Waals surface area contributed by atoms with Crippen LogP contribution in [0, 0.1) is 19.8 Å². The van der Waals surface area contributed by atoms with E-state index in [1.54, 1.807) is 0 Å². The van der Waals surface area contributed by atoms with Crippen molar-refractivity contribution in [2.75, 3.05) is 13.2 Å². The fourth-order valence-corrected chi connectivity index (χ4v) is 2.17. The predicted molar refractivity (Wildman–Crippen MR) is 71.8 cm³/mol. The molecule has 0 heterocycles. The molecule has 0 radical (unpaired) electrons. The number of carbonyl (C=O) groups is 1. The summed E-state index contributed by atoms with van der Waals surface area (Å²) in [4.78, 5) is 11.6. The summed E-state index contributed by atoms with van der Waals surface area (Å²) in [6.45, 7) is 4.96. The van der Waals surface area contributed by atoms with Crippen molar-refractivity contribution in [1.82, 2.24) is 5.32 Å². The van der Waals surface area contributed by atoms with Crippen LogP contribution in [0.3, 0.4) is 0 Å². The van der Waals surface area contributed by atoms with E-state index in [-0.39, 0.29) is 12.5 Å². The van der Waals surface area contributed by atoms with E-state index in [4.69, 9.17) is 4.74 Å². The highest BCUT2D eigenvalue weighted by Crippen LogP contribution is 2.25. The number of rotatable bonds is 5. The Morgan fingerprint density at radius 1 is 1.28 bits per heavy atom. The Hall–Kier alpha value is -1.51. The van der Waals surface area contributed by atoms with E-state index >= 15 is 0 Å². The normalized spacial score (nSPS) is 15.0. The quantitative estimate of drug-likeness (QED) is 0.868. The van der Waals surface area contributed by atoms with Crippen LogP contribution in [-0.2, 0) is 4.79 Å². The predicted octanol–water partition coefficient (Wildman–Crippen LogP) is 2.60. The van der Waals surface area contributed by atoms with Gasteiger partial charge in [0.05, 0.1) is 0 Å². The SMILES string of the molecule is Cc1cc(C)cc(OCC(=O)NCC2CCC2)c1. The van der Waals surface area contributed by atoms with Gasteiger partial charge in [-0.05, 0) is 55.9 Å². The zero-order valence-corrected chi connectivity index (χ0v) is 11.2. The Kier molecular flexibility index (Phi) is 4.24. The van der Waals surface area contributed by atoms with Crippen molar-refractivity contribution in [3.63, 3.8) is 0 Å². The van der Waals surface area contributed by atoms with Crippen molar-refractivity contribution in [2.45, 2.75) is 33.1 Å². The van der Waals surface area contributed by atoms with Crippen molar-refractivity contribution in [2.24, 2.45) is 5.92 Å². The Bertz CT molecular complexity index is 404. The summed E-state index contributed by atoms with van der Waals surface area (Å²) in [5.74, 6) is 1.43. The minimum Gasteiger partial charge on any atom is -0.484 e. The van der Waals surface area contributed by atoms with Gasteiger partial charge in [0.25, 0.3) is 5.91 Å². The number of nitrogens with one attached hydrogen (secondary N) is 1. The minimum absolute atomic E-state index is 0.0268. The first-order valence-electron chi connectivity index (χ1n) is 6.61. The van der Waals surface area contributed by atoms with Crippen molar-refractivity contribution in [3.05, 3.63) is 29.3 Å². The van der Waals surface area contributed by atoms with Gasteiger partial charge in [-0.25, -0.2) is 0 Å². The monoisotopic (exact) mass is 247 g/mol. The number of benzene rings is 1. The van der Waals surface area contributed by atoms with Gasteiger partial charge in [-0.1, -0.05) is 12.5 Å². The molecule has 3 nitrogen and oxygen atoms in total. The average molecular weight is 247 g/mol. The molecule has 1 aromatic carbocycles. The molecule has 1 N–H and O–H groups in total. The first-order chi connectivity index (χ1) is 8.63. The number of hydrogen-bond donors (Lipinski definition) is 1. The lowest BCUT2D eigenvalue weighted by atomic mass is 9.85. The van der Waals surface area contributed by atoms with Crippen molar-refractivity contribution in [1.29, 1.82) is 0 Å². The van der Waals surface area contributed by atoms with Crippen molar-refractivity contribution >= 4 is 5.91 Å². The van der Waals surface area contributed by atoms with Crippen LogP contribution in [0.4, 0.5) is 0 Å². The topological polar surface area (TPSA) is 38.3 Å². The molecule has 0 unspecified atom stereocenters. The largest absolute Gasteiger partial charge is 0.484 e. The molecule has 0 bridgehead atoms. The van der Waals surface area contributed by atoms with Gasteiger partial charge in [-0.2, -0.15) is 0 Å². The second-order valence-corrected chi connectivity index (χ2v) is 5.21. The van der Waals surface area contributed by atoms with E-state index in [2.05, 4.69) is 11.4 Å². The molecule has 1 aromatic rings. The van der Waals surface area contributed by atoms with Gasteiger partial charge in [0, 0.05) is 6.54 Å². The van der Waals surface area contributed by atoms with Gasteiger partial charge in [0.1, 0.15) is 5.75 Å². The molecule has 98 valence electrons. The molecule has 3 heteroatoms. The zero-order valence-electron chi connectivity index (χ0n) is 11.2. The van der Waals surface area contributed by atoms with E-state index < -0.39 is 0 Å². The molecule has 0 atom stereocenters. The van der Waals surface area contributed by atoms with Crippen LogP contribution in [0.1, 0.15) is 30.4 Å². The van der Waals surface area contributed by atoms with Gasteiger partial charge >= 0.3 is 0 Å². The molecule has 1 amide bonds. The Morgan fingerprint density at radius 3 is 2.50 bits per heavy atom. The number of amides is 1. The summed E-state index contributed by atoms with van der Waals surface area (Å²) in [5.41, 5.74) is 2.31. The lowest BCUT2D eigenvalue weighted by Crippen LogP contribution is -2.35. The standard InChI is InChI=1S/C15H21NO2/c1-11-6-12(2)8-14(7-11)18-10-15(17)16-9-13-4-3-5-13/h6-8,13H,3-5,9-10H2,1-2H3,(H,16,17). The lowest BCUT2D eigenvalue weighted by molar-refractivity contribution is -0.123. The Labute approximate surface area is 109 Å². The maximum atomic E-state index is 11.6. The van der Waals surface area contributed by atoms with Crippen LogP contribution in [-0.4, -0.2) is 19.1 Å². The second kappa shape index (κ2) is 5.89. The highest BCUT2D eigenvalue weighted by atomic mass is 16.5. The van der Waals surface area contributed by atoms with Crippen molar-refractivity contribution < 1.29 is 9.53 Å². The third-order valence-corrected chi connectivity index (χ3v) is 3.38. The zero-order chi connectivity index (χ0) is 13.0. The van der Waals surface area contributed by atoms with Crippen LogP contribution in [0.15, 0.2) is 18.2 Å². The summed E-state index contributed by atoms with van der Waals surface area (Å²) in [7, 11) is 0. The lowest BCUT2D eigenvalue weighted by Gasteiger charge is -2.25. The molecule has 18 heavy (non-hydrogen) atoms. The van der Waals surface area contributed by atoms with Crippen LogP contribution in [0.2, 0.25) is 0 Å². The van der Waals surface area contributed by atoms with E-state index in [9.17, 15) is 4.79 Å². The van der Waals surface area contributed by atoms with E-state index in [1.807, 2.05) is 26.0 Å². The van der Waals surface area contributed by atoms with E-state index in [1.165, 1.54) is 19.3 Å². The molecule has 0 aliphatic heterocycles. The molecule has 1 saturated carbocycles. The molecule has 0 spiro atoms. The number of hydrogen-bond acceptors (Lipinski definition) is 2. The third-order valence-electron chi connectivity index (χ3n) is 3.38. The van der Waals surface area contributed by atoms with Gasteiger partial charge in [-0.15, -0.1) is 0 Å². The summed E-state index contributed by atoms with van der Waals surface area (Å²) in [6.07, 6.45) is 3.80. The van der Waals surface area contributed by atoms with Gasteiger partial charge in [-0.3, -0.25) is 4.79 Å². The van der Waals surface area contributed by atoms with Crippen LogP contribution in [0.25, 0.3) is 0 Å². The van der Waals surface area contributed by atoms with Gasteiger partial charge in [0.2, 0.25) is 0 Å². The number of aryl methyl sites for hydroxylation is 2. The first kappa shape index (κ1) is 12.9. The van der Waals surface area contributed by atoms with E-state index in [0.717, 1.165) is 23.4 Å². The molecule has 1 aliphatic rings. The molecule has 1 aliphatic carbocycles. The summed E-state index contributed by atoms with van der Waals surface area (Å²) in [5, 5.41) is 2.92. The maximum Gasteiger partial charge on any atom is 0.257 e. The first-order valence-corrected chi connectivity index (χ1v) is 6.61. The van der Waals surface area contributed by atoms with Crippen molar-refractivity contribution in [3.8, 4) is 5.75 Å². The highest BCUT2D eigenvalue weighted by Gasteiger charge is 2.17. The fraction of sp³-hybridized carbons (Fsp3) is 0.533. The van der Waals surface area contributed by atoms with Crippen LogP contribution < -0.4 is 10.1 Å². The molecule has 1 fully saturated rings. The minimum atomic E-state index is -0.0268. The van der Waals surface area contributed by atoms with Gasteiger partial charge < -0.3 is 10.1 Å². The number of carbonyl (C=O) groups excluding carboxylic acids is 1. The molecule has 2 rings (SSSR count). The van der Waals surface area contributed by atoms with Crippen LogP contribution >= 0.6 is 0 Å². The highest BCUT2D eigenvalue weighted by molar-refractivity contribution is 5.77. The Morgan fingerprint density at radius 2 is 1.94 bits per heavy atom. The summed E-state index contributed by atoms with van der Waals surface area (Å²) >= 11 is 0. The molecular weight excluding hydrogens is 226 g/mol. The smallest absolute Gasteiger partial charge is 0.257 e. The fourth-order valence-electron chi connectivity index (χ4n) is 2.17. The summed E-state index contributed by atoms with van der Waals surface area (Å²) < 4.78 is 5.50. The third kappa shape index (κ3) is 3.76. The molecule has 0 saturated heterocycles. The molecular formula is C15H21NO2. The van der Waals surface area contributed by atoms with E-state index in [0.29, 0.717) is 5.92 Å². The van der Waals surface area contributed by atoms with Crippen LogP contribution in [0.5, 0.6) is 5.75 Å². The molecule has 0 aromatic heterocycles. The Balaban J connectivity index is 1.74. The maximum absolute atomic E-state index is 11.6. The average Bonchev–Trinajstić information content (AvgIpc) is 2.23. The second-order valence-electron chi connectivity index (χ2n) is 5.21. The summed E-state index contributed by atoms with van der Waals surface area (Å²) in [6, 6.07) is 5.99.